The van der Waals surface area contributed by atoms with Crippen molar-refractivity contribution in [2.45, 2.75) is 47.2 Å². The van der Waals surface area contributed by atoms with Gasteiger partial charge in [0.15, 0.2) is 0 Å². The van der Waals surface area contributed by atoms with Crippen LogP contribution in [0.5, 0.6) is 0 Å². The van der Waals surface area contributed by atoms with Gasteiger partial charge in [-0.1, -0.05) is 26.0 Å². The van der Waals surface area contributed by atoms with Gasteiger partial charge < -0.3 is 9.73 Å². The average molecular weight is 257 g/mol. The Balaban J connectivity index is 2.37. The maximum Gasteiger partial charge on any atom is 0.125 e. The monoisotopic (exact) mass is 257 g/mol. The first kappa shape index (κ1) is 13.9. The van der Waals surface area contributed by atoms with Crippen molar-refractivity contribution in [3.63, 3.8) is 0 Å². The fraction of sp³-hybridized carbons (Fsp3) is 0.412. The van der Waals surface area contributed by atoms with Crippen LogP contribution in [0, 0.1) is 20.8 Å². The van der Waals surface area contributed by atoms with Gasteiger partial charge in [-0.05, 0) is 49.1 Å². The fourth-order valence-electron chi connectivity index (χ4n) is 2.27. The minimum Gasteiger partial charge on any atom is -0.467 e. The summed E-state index contributed by atoms with van der Waals surface area (Å²) in [6.07, 6.45) is 1.78. The van der Waals surface area contributed by atoms with Crippen LogP contribution in [-0.4, -0.2) is 6.04 Å². The van der Waals surface area contributed by atoms with Gasteiger partial charge in [-0.25, -0.2) is 0 Å². The van der Waals surface area contributed by atoms with Gasteiger partial charge in [0.05, 0.1) is 12.8 Å². The predicted molar refractivity (Wildman–Crippen MR) is 80.3 cm³/mol. The molecule has 0 bridgehead atoms. The highest BCUT2D eigenvalue weighted by atomic mass is 16.3. The Morgan fingerprint density at radius 3 is 2.37 bits per heavy atom. The van der Waals surface area contributed by atoms with E-state index >= 15 is 0 Å². The Labute approximate surface area is 115 Å². The maximum atomic E-state index is 5.63. The van der Waals surface area contributed by atoms with Crippen molar-refractivity contribution in [3.8, 4) is 11.1 Å². The Morgan fingerprint density at radius 1 is 1.00 bits per heavy atom. The highest BCUT2D eigenvalue weighted by Gasteiger charge is 2.12. The predicted octanol–water partition coefficient (Wildman–Crippen LogP) is 4.37. The van der Waals surface area contributed by atoms with Crippen LogP contribution in [-0.2, 0) is 6.54 Å². The van der Waals surface area contributed by atoms with E-state index in [1.807, 2.05) is 0 Å². The summed E-state index contributed by atoms with van der Waals surface area (Å²) in [6.45, 7) is 11.5. The molecule has 1 aromatic heterocycles. The Morgan fingerprint density at radius 2 is 1.68 bits per heavy atom. The molecule has 2 aromatic rings. The third-order valence-corrected chi connectivity index (χ3v) is 3.55. The highest BCUT2D eigenvalue weighted by Crippen LogP contribution is 2.30. The molecule has 0 aliphatic heterocycles. The van der Waals surface area contributed by atoms with E-state index in [1.54, 1.807) is 6.26 Å². The Hall–Kier alpha value is -1.54. The lowest BCUT2D eigenvalue weighted by molar-refractivity contribution is 0.466. The minimum absolute atomic E-state index is 0.457. The summed E-state index contributed by atoms with van der Waals surface area (Å²) < 4.78 is 5.63. The van der Waals surface area contributed by atoms with Crippen LogP contribution in [0.25, 0.3) is 11.1 Å². The van der Waals surface area contributed by atoms with E-state index in [2.05, 4.69) is 58.1 Å². The third kappa shape index (κ3) is 3.07. The van der Waals surface area contributed by atoms with E-state index in [4.69, 9.17) is 4.42 Å². The first-order valence-electron chi connectivity index (χ1n) is 6.87. The molecule has 2 nitrogen and oxygen atoms in total. The zero-order valence-electron chi connectivity index (χ0n) is 12.5. The summed E-state index contributed by atoms with van der Waals surface area (Å²) in [5.41, 5.74) is 6.44. The second-order valence-corrected chi connectivity index (χ2v) is 5.54. The lowest BCUT2D eigenvalue weighted by Gasteiger charge is -2.11. The van der Waals surface area contributed by atoms with E-state index in [0.29, 0.717) is 6.04 Å². The molecule has 0 fully saturated rings. The van der Waals surface area contributed by atoms with E-state index in [-0.39, 0.29) is 0 Å². The molecule has 0 aliphatic rings. The fourth-order valence-corrected chi connectivity index (χ4v) is 2.27. The number of furan rings is 1. The van der Waals surface area contributed by atoms with Crippen LogP contribution in [0.2, 0.25) is 0 Å². The molecule has 0 spiro atoms. The van der Waals surface area contributed by atoms with Crippen LogP contribution in [0.3, 0.4) is 0 Å². The minimum atomic E-state index is 0.457. The van der Waals surface area contributed by atoms with Gasteiger partial charge in [0.2, 0.25) is 0 Å². The number of hydrogen-bond donors (Lipinski definition) is 1. The van der Waals surface area contributed by atoms with E-state index in [0.717, 1.165) is 12.3 Å². The van der Waals surface area contributed by atoms with Gasteiger partial charge in [-0.2, -0.15) is 0 Å². The van der Waals surface area contributed by atoms with Crippen molar-refractivity contribution >= 4 is 0 Å². The molecule has 2 rings (SSSR count). The van der Waals surface area contributed by atoms with Gasteiger partial charge in [0.25, 0.3) is 0 Å². The van der Waals surface area contributed by atoms with Crippen molar-refractivity contribution in [3.05, 3.63) is 46.9 Å². The number of nitrogens with one attached hydrogen (secondary N) is 1. The maximum absolute atomic E-state index is 5.63. The summed E-state index contributed by atoms with van der Waals surface area (Å²) in [6, 6.07) is 7.03. The Bertz CT molecular complexity index is 567. The summed E-state index contributed by atoms with van der Waals surface area (Å²) in [5.74, 6) is 1.01. The van der Waals surface area contributed by atoms with Crippen molar-refractivity contribution in [2.24, 2.45) is 0 Å². The lowest BCUT2D eigenvalue weighted by atomic mass is 9.95. The zero-order valence-corrected chi connectivity index (χ0v) is 12.5. The van der Waals surface area contributed by atoms with E-state index in [1.165, 1.54) is 27.8 Å². The lowest BCUT2D eigenvalue weighted by Crippen LogP contribution is -2.21. The molecule has 1 heterocycles. The molecule has 0 radical (unpaired) electrons. The SMILES string of the molecule is Cc1cc(C)c(-c2ccoc2CNC(C)C)cc1C. The van der Waals surface area contributed by atoms with Crippen molar-refractivity contribution in [2.75, 3.05) is 0 Å². The van der Waals surface area contributed by atoms with E-state index < -0.39 is 0 Å². The molecule has 0 aliphatic carbocycles. The molecule has 0 unspecified atom stereocenters. The van der Waals surface area contributed by atoms with Crippen molar-refractivity contribution < 1.29 is 4.42 Å². The van der Waals surface area contributed by atoms with Gasteiger partial charge in [0.1, 0.15) is 5.76 Å². The molecule has 1 N–H and O–H groups in total. The van der Waals surface area contributed by atoms with Crippen LogP contribution >= 0.6 is 0 Å². The molecule has 19 heavy (non-hydrogen) atoms. The molecule has 0 saturated heterocycles. The highest BCUT2D eigenvalue weighted by molar-refractivity contribution is 5.70. The van der Waals surface area contributed by atoms with Gasteiger partial charge in [-0.15, -0.1) is 0 Å². The van der Waals surface area contributed by atoms with Gasteiger partial charge >= 0.3 is 0 Å². The summed E-state index contributed by atoms with van der Waals surface area (Å²) in [4.78, 5) is 0. The first-order chi connectivity index (χ1) is 8.99. The largest absolute Gasteiger partial charge is 0.467 e. The van der Waals surface area contributed by atoms with Gasteiger partial charge in [0, 0.05) is 11.6 Å². The quantitative estimate of drug-likeness (QED) is 0.879. The van der Waals surface area contributed by atoms with Crippen LogP contribution < -0.4 is 5.32 Å². The second kappa shape index (κ2) is 5.62. The molecular formula is C17H23NO. The summed E-state index contributed by atoms with van der Waals surface area (Å²) in [7, 11) is 0. The van der Waals surface area contributed by atoms with Crippen molar-refractivity contribution in [1.29, 1.82) is 0 Å². The smallest absolute Gasteiger partial charge is 0.125 e. The molecular weight excluding hydrogens is 234 g/mol. The molecule has 102 valence electrons. The first-order valence-corrected chi connectivity index (χ1v) is 6.87. The molecule has 1 aromatic carbocycles. The second-order valence-electron chi connectivity index (χ2n) is 5.54. The standard InChI is InChI=1S/C17H23NO/c1-11(2)18-10-17-15(6-7-19-17)16-9-13(4)12(3)8-14(16)5/h6-9,11,18H,10H2,1-5H3. The average Bonchev–Trinajstić information content (AvgIpc) is 2.79. The topological polar surface area (TPSA) is 25.2 Å². The number of aryl methyl sites for hydroxylation is 3. The summed E-state index contributed by atoms with van der Waals surface area (Å²) >= 11 is 0. The Kier molecular flexibility index (Phi) is 4.11. The van der Waals surface area contributed by atoms with Crippen molar-refractivity contribution in [1.82, 2.24) is 5.32 Å². The zero-order chi connectivity index (χ0) is 14.0. The van der Waals surface area contributed by atoms with Crippen LogP contribution in [0.1, 0.15) is 36.3 Å². The normalized spacial score (nSPS) is 11.3. The van der Waals surface area contributed by atoms with E-state index in [9.17, 15) is 0 Å². The van der Waals surface area contributed by atoms with Crippen LogP contribution in [0.15, 0.2) is 28.9 Å². The van der Waals surface area contributed by atoms with Gasteiger partial charge in [-0.3, -0.25) is 0 Å². The number of hydrogen-bond acceptors (Lipinski definition) is 2. The molecule has 2 heteroatoms. The molecule has 0 atom stereocenters. The summed E-state index contributed by atoms with van der Waals surface area (Å²) in [5, 5.41) is 3.41. The number of rotatable bonds is 4. The molecule has 0 amide bonds. The third-order valence-electron chi connectivity index (χ3n) is 3.55. The molecule has 0 saturated carbocycles. The van der Waals surface area contributed by atoms with Crippen LogP contribution in [0.4, 0.5) is 0 Å². The number of benzene rings is 1.